The highest BCUT2D eigenvalue weighted by Gasteiger charge is 2.45. The van der Waals surface area contributed by atoms with Crippen LogP contribution in [0.3, 0.4) is 0 Å². The van der Waals surface area contributed by atoms with E-state index in [2.05, 4.69) is 15.2 Å². The Bertz CT molecular complexity index is 496. The Morgan fingerprint density at radius 2 is 2.33 bits per heavy atom. The maximum absolute atomic E-state index is 5.95. The molecule has 0 aliphatic heterocycles. The van der Waals surface area contributed by atoms with Gasteiger partial charge in [0.05, 0.1) is 17.3 Å². The minimum Gasteiger partial charge on any atom is -0.337 e. The zero-order chi connectivity index (χ0) is 10.5. The van der Waals surface area contributed by atoms with Gasteiger partial charge in [0.2, 0.25) is 11.7 Å². The molecule has 0 spiro atoms. The molecule has 78 valence electrons. The molecule has 0 saturated heterocycles. The normalized spacial score (nSPS) is 18.0. The zero-order valence-corrected chi connectivity index (χ0v) is 8.34. The van der Waals surface area contributed by atoms with Crippen molar-refractivity contribution in [2.45, 2.75) is 18.4 Å². The predicted molar refractivity (Wildman–Crippen MR) is 51.6 cm³/mol. The van der Waals surface area contributed by atoms with E-state index in [1.54, 1.807) is 10.9 Å². The van der Waals surface area contributed by atoms with Crippen LogP contribution in [0.5, 0.6) is 0 Å². The first-order valence-electron chi connectivity index (χ1n) is 4.79. The molecular formula is C9H11N5O. The molecule has 2 N–H and O–H groups in total. The van der Waals surface area contributed by atoms with Crippen LogP contribution in [0.25, 0.3) is 11.4 Å². The van der Waals surface area contributed by atoms with Crippen molar-refractivity contribution in [2.75, 3.05) is 0 Å². The van der Waals surface area contributed by atoms with Crippen LogP contribution in [-0.2, 0) is 12.6 Å². The molecule has 1 saturated carbocycles. The van der Waals surface area contributed by atoms with E-state index < -0.39 is 0 Å². The number of aromatic nitrogens is 4. The quantitative estimate of drug-likeness (QED) is 0.768. The van der Waals surface area contributed by atoms with Crippen molar-refractivity contribution in [3.8, 4) is 11.4 Å². The van der Waals surface area contributed by atoms with Crippen LogP contribution >= 0.6 is 0 Å². The lowest BCUT2D eigenvalue weighted by Gasteiger charge is -1.97. The van der Waals surface area contributed by atoms with Crippen molar-refractivity contribution in [3.63, 3.8) is 0 Å². The van der Waals surface area contributed by atoms with Crippen LogP contribution in [0.4, 0.5) is 0 Å². The molecule has 2 aromatic heterocycles. The molecule has 0 atom stereocenters. The van der Waals surface area contributed by atoms with Crippen molar-refractivity contribution >= 4 is 0 Å². The molecule has 0 aromatic carbocycles. The summed E-state index contributed by atoms with van der Waals surface area (Å²) in [6, 6.07) is 0. The SMILES string of the molecule is Cn1cc(-c2noc(C3(N)CC3)n2)cn1. The Kier molecular flexibility index (Phi) is 1.53. The summed E-state index contributed by atoms with van der Waals surface area (Å²) in [5.74, 6) is 1.08. The molecule has 6 heteroatoms. The molecule has 0 unspecified atom stereocenters. The van der Waals surface area contributed by atoms with Crippen LogP contribution < -0.4 is 5.73 Å². The van der Waals surface area contributed by atoms with E-state index in [4.69, 9.17) is 10.3 Å². The molecule has 0 bridgehead atoms. The van der Waals surface area contributed by atoms with Crippen LogP contribution in [-0.4, -0.2) is 19.9 Å². The molecule has 0 amide bonds. The van der Waals surface area contributed by atoms with Gasteiger partial charge in [-0.3, -0.25) is 4.68 Å². The molecule has 1 aliphatic rings. The highest BCUT2D eigenvalue weighted by molar-refractivity contribution is 5.51. The summed E-state index contributed by atoms with van der Waals surface area (Å²) in [5, 5.41) is 7.93. The van der Waals surface area contributed by atoms with Crippen LogP contribution in [0, 0.1) is 0 Å². The Labute approximate surface area is 86.1 Å². The molecule has 2 aromatic rings. The maximum Gasteiger partial charge on any atom is 0.247 e. The van der Waals surface area contributed by atoms with Gasteiger partial charge in [0, 0.05) is 13.2 Å². The number of hydrogen-bond acceptors (Lipinski definition) is 5. The van der Waals surface area contributed by atoms with Crippen molar-refractivity contribution in [3.05, 3.63) is 18.3 Å². The average molecular weight is 205 g/mol. The summed E-state index contributed by atoms with van der Waals surface area (Å²) in [5.41, 5.74) is 6.42. The van der Waals surface area contributed by atoms with Gasteiger partial charge < -0.3 is 10.3 Å². The van der Waals surface area contributed by atoms with Gasteiger partial charge in [-0.05, 0) is 12.8 Å². The number of aryl methyl sites for hydroxylation is 1. The third-order valence-corrected chi connectivity index (χ3v) is 2.60. The molecular weight excluding hydrogens is 194 g/mol. The lowest BCUT2D eigenvalue weighted by molar-refractivity contribution is 0.348. The lowest BCUT2D eigenvalue weighted by atomic mass is 10.3. The summed E-state index contributed by atoms with van der Waals surface area (Å²) in [6.45, 7) is 0. The number of nitrogens with zero attached hydrogens (tertiary/aromatic N) is 4. The molecule has 3 rings (SSSR count). The van der Waals surface area contributed by atoms with E-state index in [1.165, 1.54) is 0 Å². The average Bonchev–Trinajstić information content (AvgIpc) is 2.72. The first-order valence-corrected chi connectivity index (χ1v) is 4.79. The topological polar surface area (TPSA) is 82.8 Å². The molecule has 0 radical (unpaired) electrons. The smallest absolute Gasteiger partial charge is 0.247 e. The Hall–Kier alpha value is -1.69. The molecule has 15 heavy (non-hydrogen) atoms. The fourth-order valence-electron chi connectivity index (χ4n) is 1.43. The fourth-order valence-corrected chi connectivity index (χ4v) is 1.43. The minimum absolute atomic E-state index is 0.368. The van der Waals surface area contributed by atoms with E-state index in [-0.39, 0.29) is 5.54 Å². The molecule has 2 heterocycles. The second-order valence-electron chi connectivity index (χ2n) is 3.98. The Balaban J connectivity index is 1.97. The van der Waals surface area contributed by atoms with Gasteiger partial charge in [0.1, 0.15) is 0 Å². The Morgan fingerprint density at radius 3 is 2.93 bits per heavy atom. The van der Waals surface area contributed by atoms with Crippen molar-refractivity contribution in [1.29, 1.82) is 0 Å². The Morgan fingerprint density at radius 1 is 1.53 bits per heavy atom. The zero-order valence-electron chi connectivity index (χ0n) is 8.34. The number of hydrogen-bond donors (Lipinski definition) is 1. The van der Waals surface area contributed by atoms with Crippen molar-refractivity contribution in [1.82, 2.24) is 19.9 Å². The number of rotatable bonds is 2. The van der Waals surface area contributed by atoms with Crippen molar-refractivity contribution in [2.24, 2.45) is 12.8 Å². The van der Waals surface area contributed by atoms with Crippen LogP contribution in [0.1, 0.15) is 18.7 Å². The monoisotopic (exact) mass is 205 g/mol. The summed E-state index contributed by atoms with van der Waals surface area (Å²) in [4.78, 5) is 4.27. The largest absolute Gasteiger partial charge is 0.337 e. The second-order valence-corrected chi connectivity index (χ2v) is 3.98. The van der Waals surface area contributed by atoms with Gasteiger partial charge in [0.25, 0.3) is 0 Å². The number of nitrogens with two attached hydrogens (primary N) is 1. The van der Waals surface area contributed by atoms with E-state index >= 15 is 0 Å². The van der Waals surface area contributed by atoms with E-state index in [1.807, 2.05) is 13.2 Å². The van der Waals surface area contributed by atoms with Gasteiger partial charge in [0.15, 0.2) is 0 Å². The minimum atomic E-state index is -0.368. The molecule has 1 fully saturated rings. The summed E-state index contributed by atoms with van der Waals surface area (Å²) < 4.78 is 6.83. The first-order chi connectivity index (χ1) is 7.17. The van der Waals surface area contributed by atoms with E-state index in [9.17, 15) is 0 Å². The summed E-state index contributed by atoms with van der Waals surface area (Å²) in [6.07, 6.45) is 5.37. The summed E-state index contributed by atoms with van der Waals surface area (Å²) >= 11 is 0. The van der Waals surface area contributed by atoms with Crippen LogP contribution in [0.2, 0.25) is 0 Å². The van der Waals surface area contributed by atoms with E-state index in [0.717, 1.165) is 18.4 Å². The predicted octanol–water partition coefficient (Wildman–Crippen LogP) is 0.418. The fraction of sp³-hybridized carbons (Fsp3) is 0.444. The maximum atomic E-state index is 5.95. The first kappa shape index (κ1) is 8.60. The van der Waals surface area contributed by atoms with Gasteiger partial charge >= 0.3 is 0 Å². The third kappa shape index (κ3) is 1.33. The second kappa shape index (κ2) is 2.66. The van der Waals surface area contributed by atoms with Crippen LogP contribution in [0.15, 0.2) is 16.9 Å². The standard InChI is InChI=1S/C9H11N5O/c1-14-5-6(4-11-14)7-12-8(15-13-7)9(10)2-3-9/h4-5H,2-3,10H2,1H3. The highest BCUT2D eigenvalue weighted by Crippen LogP contribution is 2.41. The van der Waals surface area contributed by atoms with Gasteiger partial charge in [-0.25, -0.2) is 0 Å². The molecule has 1 aliphatic carbocycles. The summed E-state index contributed by atoms with van der Waals surface area (Å²) in [7, 11) is 1.84. The van der Waals surface area contributed by atoms with Gasteiger partial charge in [-0.1, -0.05) is 5.16 Å². The van der Waals surface area contributed by atoms with E-state index in [0.29, 0.717) is 11.7 Å². The van der Waals surface area contributed by atoms with Crippen molar-refractivity contribution < 1.29 is 4.52 Å². The van der Waals surface area contributed by atoms with Gasteiger partial charge in [-0.2, -0.15) is 10.1 Å². The lowest BCUT2D eigenvalue weighted by Crippen LogP contribution is -2.18. The van der Waals surface area contributed by atoms with Gasteiger partial charge in [-0.15, -0.1) is 0 Å². The molecule has 6 nitrogen and oxygen atoms in total. The highest BCUT2D eigenvalue weighted by atomic mass is 16.5. The third-order valence-electron chi connectivity index (χ3n) is 2.60.